The van der Waals surface area contributed by atoms with Gasteiger partial charge in [0.25, 0.3) is 5.89 Å². The second-order valence-corrected chi connectivity index (χ2v) is 8.94. The Labute approximate surface area is 205 Å². The van der Waals surface area contributed by atoms with Gasteiger partial charge in [0.2, 0.25) is 5.82 Å². The summed E-state index contributed by atoms with van der Waals surface area (Å²) in [4.78, 5) is 19.8. The maximum absolute atomic E-state index is 13.4. The summed E-state index contributed by atoms with van der Waals surface area (Å²) in [6.45, 7) is 8.11. The van der Waals surface area contributed by atoms with E-state index in [4.69, 9.17) is 9.51 Å². The topological polar surface area (TPSA) is 71.3 Å². The molecule has 0 aliphatic carbocycles. The van der Waals surface area contributed by atoms with Crippen molar-refractivity contribution < 1.29 is 9.32 Å². The molecule has 0 saturated carbocycles. The van der Waals surface area contributed by atoms with E-state index in [1.807, 2.05) is 93.6 Å². The monoisotopic (exact) mass is 464 g/mol. The Morgan fingerprint density at radius 1 is 0.943 bits per heavy atom. The molecule has 2 amide bonds. The Bertz CT molecular complexity index is 1400. The van der Waals surface area contributed by atoms with Crippen molar-refractivity contribution in [2.24, 2.45) is 0 Å². The third-order valence-corrected chi connectivity index (χ3v) is 6.43. The first-order valence-corrected chi connectivity index (χ1v) is 11.8. The molecule has 176 valence electrons. The van der Waals surface area contributed by atoms with Gasteiger partial charge in [-0.05, 0) is 56.5 Å². The zero-order valence-corrected chi connectivity index (χ0v) is 20.4. The average Bonchev–Trinajstić information content (AvgIpc) is 3.34. The summed E-state index contributed by atoms with van der Waals surface area (Å²) in [5.41, 5.74) is 7.64. The van der Waals surface area contributed by atoms with Crippen molar-refractivity contribution in [2.75, 3.05) is 4.90 Å². The number of aryl methyl sites for hydroxylation is 3. The number of anilines is 1. The fourth-order valence-corrected chi connectivity index (χ4v) is 4.45. The molecule has 1 atom stereocenters. The Hall–Kier alpha value is -4.19. The van der Waals surface area contributed by atoms with E-state index in [9.17, 15) is 4.79 Å². The van der Waals surface area contributed by atoms with Crippen molar-refractivity contribution in [2.45, 2.75) is 40.2 Å². The molecular formula is C29H28N4O2. The van der Waals surface area contributed by atoms with Gasteiger partial charge in [-0.2, -0.15) is 4.98 Å². The van der Waals surface area contributed by atoms with Crippen LogP contribution in [-0.2, 0) is 6.42 Å². The molecule has 1 N–H and O–H groups in total. The number of hydrogen-bond donors (Lipinski definition) is 1. The number of carbonyl (C=O) groups excluding carboxylic acids is 1. The van der Waals surface area contributed by atoms with Gasteiger partial charge in [-0.3, -0.25) is 4.90 Å². The summed E-state index contributed by atoms with van der Waals surface area (Å²) >= 11 is 0. The number of nitrogens with one attached hydrogen (secondary N) is 1. The van der Waals surface area contributed by atoms with E-state index in [0.717, 1.165) is 45.6 Å². The minimum Gasteiger partial charge on any atom is -0.334 e. The van der Waals surface area contributed by atoms with E-state index in [0.29, 0.717) is 11.7 Å². The lowest BCUT2D eigenvalue weighted by atomic mass is 9.94. The predicted molar refractivity (Wildman–Crippen MR) is 138 cm³/mol. The predicted octanol–water partition coefficient (Wildman–Crippen LogP) is 6.62. The van der Waals surface area contributed by atoms with Gasteiger partial charge in [0.1, 0.15) is 0 Å². The molecule has 4 aromatic rings. The number of carbonyl (C=O) groups is 1. The largest absolute Gasteiger partial charge is 0.334 e. The highest BCUT2D eigenvalue weighted by Crippen LogP contribution is 2.39. The lowest BCUT2D eigenvalue weighted by molar-refractivity contribution is 0.244. The number of benzene rings is 3. The number of allylic oxidation sites excluding steroid dienone is 1. The van der Waals surface area contributed by atoms with Crippen LogP contribution in [0.4, 0.5) is 10.5 Å². The molecule has 0 spiro atoms. The second-order valence-electron chi connectivity index (χ2n) is 8.94. The van der Waals surface area contributed by atoms with Gasteiger partial charge in [0, 0.05) is 11.3 Å². The van der Waals surface area contributed by atoms with E-state index in [1.165, 1.54) is 5.56 Å². The fraction of sp³-hybridized carbons (Fsp3) is 0.207. The first-order valence-electron chi connectivity index (χ1n) is 11.8. The third kappa shape index (κ3) is 4.35. The number of urea groups is 1. The molecule has 6 nitrogen and oxygen atoms in total. The maximum atomic E-state index is 13.4. The lowest BCUT2D eigenvalue weighted by Crippen LogP contribution is -2.46. The SMILES string of the molecule is CCc1ccc(N2C(=O)NC(c3ccc(C)cc3)C(c3nc(-c4cccc(C)c4)no3)=C2C)cc1. The van der Waals surface area contributed by atoms with Gasteiger partial charge >= 0.3 is 6.03 Å². The molecule has 6 heteroatoms. The Morgan fingerprint density at radius 3 is 2.37 bits per heavy atom. The fourth-order valence-electron chi connectivity index (χ4n) is 4.45. The quantitative estimate of drug-likeness (QED) is 0.360. The van der Waals surface area contributed by atoms with E-state index in [2.05, 4.69) is 17.4 Å². The number of hydrogen-bond acceptors (Lipinski definition) is 4. The number of aromatic nitrogens is 2. The molecule has 0 bridgehead atoms. The van der Waals surface area contributed by atoms with Gasteiger partial charge in [-0.15, -0.1) is 0 Å². The van der Waals surface area contributed by atoms with Gasteiger partial charge in [0.05, 0.1) is 17.3 Å². The first kappa shape index (κ1) is 22.6. The normalized spacial score (nSPS) is 15.9. The van der Waals surface area contributed by atoms with Crippen LogP contribution in [0, 0.1) is 13.8 Å². The zero-order valence-electron chi connectivity index (χ0n) is 20.4. The molecule has 3 aromatic carbocycles. The van der Waals surface area contributed by atoms with E-state index >= 15 is 0 Å². The van der Waals surface area contributed by atoms with Crippen LogP contribution in [0.25, 0.3) is 17.0 Å². The van der Waals surface area contributed by atoms with E-state index in [-0.39, 0.29) is 6.03 Å². The molecule has 2 heterocycles. The average molecular weight is 465 g/mol. The van der Waals surface area contributed by atoms with Crippen LogP contribution in [-0.4, -0.2) is 16.2 Å². The van der Waals surface area contributed by atoms with Gasteiger partial charge in [0.15, 0.2) is 0 Å². The van der Waals surface area contributed by atoms with Gasteiger partial charge < -0.3 is 9.84 Å². The molecular weight excluding hydrogens is 436 g/mol. The molecule has 5 rings (SSSR count). The van der Waals surface area contributed by atoms with Crippen LogP contribution < -0.4 is 10.2 Å². The minimum atomic E-state index is -0.417. The van der Waals surface area contributed by atoms with Crippen molar-refractivity contribution in [1.82, 2.24) is 15.5 Å². The minimum absolute atomic E-state index is 0.195. The highest BCUT2D eigenvalue weighted by Gasteiger charge is 2.36. The summed E-state index contributed by atoms with van der Waals surface area (Å²) in [6.07, 6.45) is 0.936. The Kier molecular flexibility index (Phi) is 5.95. The number of nitrogens with zero attached hydrogens (tertiary/aromatic N) is 3. The van der Waals surface area contributed by atoms with Crippen LogP contribution in [0.3, 0.4) is 0 Å². The maximum Gasteiger partial charge on any atom is 0.326 e. The second kappa shape index (κ2) is 9.22. The van der Waals surface area contributed by atoms with Crippen molar-refractivity contribution in [3.05, 3.63) is 107 Å². The highest BCUT2D eigenvalue weighted by molar-refractivity contribution is 6.01. The van der Waals surface area contributed by atoms with Crippen LogP contribution in [0.5, 0.6) is 0 Å². The van der Waals surface area contributed by atoms with Crippen molar-refractivity contribution in [3.63, 3.8) is 0 Å². The molecule has 1 aliphatic heterocycles. The third-order valence-electron chi connectivity index (χ3n) is 6.43. The van der Waals surface area contributed by atoms with Crippen molar-refractivity contribution in [1.29, 1.82) is 0 Å². The number of rotatable bonds is 5. The van der Waals surface area contributed by atoms with Crippen LogP contribution in [0.1, 0.15) is 48.0 Å². The van der Waals surface area contributed by atoms with Gasteiger partial charge in [-0.25, -0.2) is 4.79 Å². The smallest absolute Gasteiger partial charge is 0.326 e. The summed E-state index contributed by atoms with van der Waals surface area (Å²) < 4.78 is 5.80. The highest BCUT2D eigenvalue weighted by atomic mass is 16.5. The van der Waals surface area contributed by atoms with Crippen LogP contribution in [0.2, 0.25) is 0 Å². The molecule has 1 aliphatic rings. The number of amides is 2. The molecule has 0 saturated heterocycles. The summed E-state index contributed by atoms with van der Waals surface area (Å²) in [5, 5.41) is 7.44. The zero-order chi connectivity index (χ0) is 24.5. The molecule has 1 aromatic heterocycles. The van der Waals surface area contributed by atoms with Crippen molar-refractivity contribution >= 4 is 17.3 Å². The van der Waals surface area contributed by atoms with Crippen LogP contribution >= 0.6 is 0 Å². The summed E-state index contributed by atoms with van der Waals surface area (Å²) in [5.74, 6) is 0.905. The molecule has 35 heavy (non-hydrogen) atoms. The molecule has 1 unspecified atom stereocenters. The standard InChI is InChI=1S/C29H28N4O2/c1-5-21-11-15-24(16-12-21)33-20(4)25(26(30-29(33)34)22-13-9-18(2)10-14-22)28-31-27(32-35-28)23-8-6-7-19(3)17-23/h6-17,26H,5H2,1-4H3,(H,30,34). The lowest BCUT2D eigenvalue weighted by Gasteiger charge is -2.35. The van der Waals surface area contributed by atoms with E-state index < -0.39 is 6.04 Å². The van der Waals surface area contributed by atoms with Crippen molar-refractivity contribution in [3.8, 4) is 11.4 Å². The van der Waals surface area contributed by atoms with Crippen LogP contribution in [0.15, 0.2) is 83.0 Å². The Balaban J connectivity index is 1.64. The summed E-state index contributed by atoms with van der Waals surface area (Å²) in [6, 6.07) is 23.5. The molecule has 0 fully saturated rings. The van der Waals surface area contributed by atoms with E-state index in [1.54, 1.807) is 4.90 Å². The summed E-state index contributed by atoms with van der Waals surface area (Å²) in [7, 11) is 0. The first-order chi connectivity index (χ1) is 16.9. The van der Waals surface area contributed by atoms with Gasteiger partial charge in [-0.1, -0.05) is 77.8 Å². The molecule has 0 radical (unpaired) electrons. The Morgan fingerprint density at radius 2 is 1.69 bits per heavy atom.